The number of carboxylic acids is 1. The van der Waals surface area contributed by atoms with Crippen molar-refractivity contribution < 1.29 is 29.0 Å². The largest absolute Gasteiger partial charge is 0.479 e. The fourth-order valence-electron chi connectivity index (χ4n) is 2.34. The minimum absolute atomic E-state index is 0.205. The highest BCUT2D eigenvalue weighted by Crippen LogP contribution is 2.27. The van der Waals surface area contributed by atoms with Crippen LogP contribution in [0.1, 0.15) is 18.9 Å². The van der Waals surface area contributed by atoms with Crippen LogP contribution in [0.4, 0.5) is 0 Å². The van der Waals surface area contributed by atoms with Crippen LogP contribution in [0.15, 0.2) is 30.3 Å². The minimum Gasteiger partial charge on any atom is -0.479 e. The molecule has 1 aromatic carbocycles. The Bertz CT molecular complexity index is 625. The summed E-state index contributed by atoms with van der Waals surface area (Å²) < 4.78 is 9.94. The van der Waals surface area contributed by atoms with Crippen molar-refractivity contribution in [2.45, 2.75) is 37.6 Å². The van der Waals surface area contributed by atoms with E-state index in [1.165, 1.54) is 7.11 Å². The molecular weight excluding hydrogens is 328 g/mol. The summed E-state index contributed by atoms with van der Waals surface area (Å²) in [5.74, 6) is -2.65. The number of benzene rings is 1. The number of carbonyl (C=O) groups is 3. The van der Waals surface area contributed by atoms with Crippen molar-refractivity contribution in [3.63, 3.8) is 0 Å². The van der Waals surface area contributed by atoms with Crippen LogP contribution < -0.4 is 10.6 Å². The summed E-state index contributed by atoms with van der Waals surface area (Å²) in [6.45, 7) is 1.64. The Kier molecular flexibility index (Phi) is 6.11. The topological polar surface area (TPSA) is 117 Å². The summed E-state index contributed by atoms with van der Waals surface area (Å²) in [4.78, 5) is 36.0. The Hall–Kier alpha value is -2.45. The van der Waals surface area contributed by atoms with Crippen molar-refractivity contribution in [2.75, 3.05) is 13.7 Å². The molecule has 1 heterocycles. The molecule has 0 saturated carbocycles. The van der Waals surface area contributed by atoms with E-state index in [1.54, 1.807) is 0 Å². The maximum atomic E-state index is 12.5. The van der Waals surface area contributed by atoms with Crippen LogP contribution in [0.2, 0.25) is 0 Å². The van der Waals surface area contributed by atoms with Crippen molar-refractivity contribution >= 4 is 17.8 Å². The van der Waals surface area contributed by atoms with Crippen molar-refractivity contribution in [3.8, 4) is 0 Å². The quantitative estimate of drug-likeness (QED) is 0.329. The lowest BCUT2D eigenvalue weighted by Gasteiger charge is -2.22. The first-order valence-corrected chi connectivity index (χ1v) is 7.98. The molecule has 0 radical (unpaired) electrons. The second-order valence-corrected chi connectivity index (χ2v) is 5.78. The van der Waals surface area contributed by atoms with E-state index in [1.807, 2.05) is 37.3 Å². The van der Waals surface area contributed by atoms with Gasteiger partial charge in [0.15, 0.2) is 0 Å². The molecule has 1 aliphatic rings. The average Bonchev–Trinajstić information content (AvgIpc) is 3.41. The number of carboxylic acid groups (broad SMARTS) is 1. The van der Waals surface area contributed by atoms with E-state index in [0.717, 1.165) is 5.56 Å². The van der Waals surface area contributed by atoms with Crippen molar-refractivity contribution in [3.05, 3.63) is 35.9 Å². The third kappa shape index (κ3) is 4.55. The Balaban J connectivity index is 2.12. The van der Waals surface area contributed by atoms with E-state index in [2.05, 4.69) is 10.6 Å². The normalized spacial score (nSPS) is 21.0. The molecule has 1 saturated heterocycles. The fourth-order valence-corrected chi connectivity index (χ4v) is 2.34. The lowest BCUT2D eigenvalue weighted by Crippen LogP contribution is -2.55. The van der Waals surface area contributed by atoms with Crippen LogP contribution in [0, 0.1) is 0 Å². The van der Waals surface area contributed by atoms with Gasteiger partial charge in [-0.2, -0.15) is 0 Å². The molecule has 1 unspecified atom stereocenters. The first kappa shape index (κ1) is 18.9. The van der Waals surface area contributed by atoms with E-state index in [0.29, 0.717) is 6.42 Å². The number of carbonyl (C=O) groups excluding carboxylic acids is 2. The molecule has 0 aromatic heterocycles. The number of amides is 2. The van der Waals surface area contributed by atoms with Gasteiger partial charge in [0.2, 0.25) is 5.91 Å². The van der Waals surface area contributed by atoms with Gasteiger partial charge in [0.1, 0.15) is 12.3 Å². The summed E-state index contributed by atoms with van der Waals surface area (Å²) in [6, 6.07) is 8.17. The van der Waals surface area contributed by atoms with Gasteiger partial charge in [0.05, 0.1) is 6.61 Å². The second-order valence-electron chi connectivity index (χ2n) is 5.78. The highest BCUT2D eigenvalue weighted by Gasteiger charge is 2.60. The van der Waals surface area contributed by atoms with Crippen LogP contribution in [0.3, 0.4) is 0 Å². The second kappa shape index (κ2) is 8.09. The van der Waals surface area contributed by atoms with Gasteiger partial charge in [-0.05, 0) is 12.0 Å². The lowest BCUT2D eigenvalue weighted by molar-refractivity contribution is -0.149. The lowest BCUT2D eigenvalue weighted by atomic mass is 10.0. The molecule has 0 aliphatic carbocycles. The summed E-state index contributed by atoms with van der Waals surface area (Å²) >= 11 is 0. The predicted octanol–water partition coefficient (Wildman–Crippen LogP) is 0.0662. The summed E-state index contributed by atoms with van der Waals surface area (Å²) in [5.41, 5.74) is -1.06. The maximum Gasteiger partial charge on any atom is 0.348 e. The first-order valence-electron chi connectivity index (χ1n) is 7.98. The molecule has 3 N–H and O–H groups in total. The van der Waals surface area contributed by atoms with Gasteiger partial charge in [0.25, 0.3) is 11.5 Å². The number of epoxide rings is 1. The highest BCUT2D eigenvalue weighted by atomic mass is 16.6. The third-order valence-electron chi connectivity index (χ3n) is 4.01. The molecule has 2 amide bonds. The molecule has 8 nitrogen and oxygen atoms in total. The third-order valence-corrected chi connectivity index (χ3v) is 4.01. The zero-order valence-electron chi connectivity index (χ0n) is 14.2. The smallest absolute Gasteiger partial charge is 0.348 e. The molecule has 8 heteroatoms. The summed E-state index contributed by atoms with van der Waals surface area (Å²) in [7, 11) is 1.47. The number of nitrogens with one attached hydrogen (secondary N) is 2. The Morgan fingerprint density at radius 3 is 2.40 bits per heavy atom. The molecule has 0 spiro atoms. The number of rotatable bonds is 9. The number of hydrogen-bond acceptors (Lipinski definition) is 5. The highest BCUT2D eigenvalue weighted by molar-refractivity contribution is 6.09. The molecule has 0 bridgehead atoms. The standard InChI is InChI=1S/C17H22N2O6/c1-3-13(24-2)19-14(20)12(9-11-7-5-4-6-8-11)18-15(21)17(10-25-17)16(22)23/h4-8,12-13H,3,9-10H2,1-2H3,(H,18,21)(H,19,20)(H,22,23)/t12-,13?,17-/m0/s1. The van der Waals surface area contributed by atoms with Crippen molar-refractivity contribution in [1.82, 2.24) is 10.6 Å². The van der Waals surface area contributed by atoms with Crippen molar-refractivity contribution in [2.24, 2.45) is 0 Å². The number of hydrogen-bond donors (Lipinski definition) is 3. The molecule has 2 rings (SSSR count). The monoisotopic (exact) mass is 350 g/mol. The van der Waals surface area contributed by atoms with Gasteiger partial charge in [-0.3, -0.25) is 9.59 Å². The van der Waals surface area contributed by atoms with Gasteiger partial charge in [0, 0.05) is 13.5 Å². The van der Waals surface area contributed by atoms with Crippen molar-refractivity contribution in [1.29, 1.82) is 0 Å². The zero-order chi connectivity index (χ0) is 18.4. The van der Waals surface area contributed by atoms with Gasteiger partial charge >= 0.3 is 5.97 Å². The molecule has 3 atom stereocenters. The van der Waals surface area contributed by atoms with E-state index < -0.39 is 35.7 Å². The zero-order valence-corrected chi connectivity index (χ0v) is 14.2. The molecule has 1 aromatic rings. The summed E-state index contributed by atoms with van der Waals surface area (Å²) in [5, 5.41) is 14.3. The van der Waals surface area contributed by atoms with Gasteiger partial charge in [-0.15, -0.1) is 0 Å². The number of methoxy groups -OCH3 is 1. The van der Waals surface area contributed by atoms with Crippen LogP contribution in [0.25, 0.3) is 0 Å². The fraction of sp³-hybridized carbons (Fsp3) is 0.471. The van der Waals surface area contributed by atoms with E-state index in [4.69, 9.17) is 14.6 Å². The molecule has 1 aliphatic heterocycles. The Morgan fingerprint density at radius 1 is 1.28 bits per heavy atom. The van der Waals surface area contributed by atoms with E-state index >= 15 is 0 Å². The number of aliphatic carboxylic acids is 1. The predicted molar refractivity (Wildman–Crippen MR) is 87.6 cm³/mol. The SMILES string of the molecule is CCC(NC(=O)[C@H](Cc1ccccc1)NC(=O)[C@]1(C(=O)O)CO1)OC. The van der Waals surface area contributed by atoms with Crippen LogP contribution in [-0.2, 0) is 30.3 Å². The first-order chi connectivity index (χ1) is 11.9. The number of ether oxygens (including phenoxy) is 2. The van der Waals surface area contributed by atoms with Crippen LogP contribution in [0.5, 0.6) is 0 Å². The molecule has 25 heavy (non-hydrogen) atoms. The van der Waals surface area contributed by atoms with Crippen LogP contribution in [-0.4, -0.2) is 54.5 Å². The average molecular weight is 350 g/mol. The minimum atomic E-state index is -1.89. The van der Waals surface area contributed by atoms with Crippen LogP contribution >= 0.6 is 0 Å². The van der Waals surface area contributed by atoms with E-state index in [9.17, 15) is 14.4 Å². The molecule has 136 valence electrons. The van der Waals surface area contributed by atoms with E-state index in [-0.39, 0.29) is 13.0 Å². The van der Waals surface area contributed by atoms with Gasteiger partial charge in [-0.1, -0.05) is 37.3 Å². The van der Waals surface area contributed by atoms with Gasteiger partial charge in [-0.25, -0.2) is 4.79 Å². The molecule has 1 fully saturated rings. The molecular formula is C17H22N2O6. The Labute approximate surface area is 145 Å². The summed E-state index contributed by atoms with van der Waals surface area (Å²) in [6.07, 6.45) is 0.276. The maximum absolute atomic E-state index is 12.5. The van der Waals surface area contributed by atoms with Gasteiger partial charge < -0.3 is 25.2 Å². The Morgan fingerprint density at radius 2 is 1.92 bits per heavy atom.